The number of aromatic nitrogens is 7. The number of benzene rings is 2. The highest BCUT2D eigenvalue weighted by molar-refractivity contribution is 5.80. The van der Waals surface area contributed by atoms with Crippen LogP contribution in [0.5, 0.6) is 0 Å². The van der Waals surface area contributed by atoms with Crippen LogP contribution < -0.4 is 0 Å². The molecular weight excluding hydrogens is 398 g/mol. The fourth-order valence-electron chi connectivity index (χ4n) is 3.77. The van der Waals surface area contributed by atoms with Gasteiger partial charge >= 0.3 is 0 Å². The molecule has 32 heavy (non-hydrogen) atoms. The highest BCUT2D eigenvalue weighted by Crippen LogP contribution is 2.29. The molecule has 0 saturated carbocycles. The van der Waals surface area contributed by atoms with Crippen LogP contribution in [0.4, 0.5) is 0 Å². The Kier molecular flexibility index (Phi) is 6.73. The molecule has 166 valence electrons. The highest BCUT2D eigenvalue weighted by Gasteiger charge is 2.14. The number of tetrazole rings is 1. The lowest BCUT2D eigenvalue weighted by atomic mass is 9.98. The van der Waals surface area contributed by atoms with Crippen molar-refractivity contribution in [3.8, 4) is 22.5 Å². The van der Waals surface area contributed by atoms with Crippen molar-refractivity contribution in [2.75, 3.05) is 0 Å². The number of hydrogen-bond acceptors (Lipinski definition) is 5. The van der Waals surface area contributed by atoms with Gasteiger partial charge in [-0.05, 0) is 45.4 Å². The largest absolute Gasteiger partial charge is 0.245 e. The second-order valence-electron chi connectivity index (χ2n) is 9.12. The average molecular weight is 430 g/mol. The second-order valence-corrected chi connectivity index (χ2v) is 9.12. The van der Waals surface area contributed by atoms with E-state index in [0.29, 0.717) is 17.7 Å². The third-order valence-corrected chi connectivity index (χ3v) is 5.45. The normalized spacial score (nSPS) is 11.6. The maximum Gasteiger partial charge on any atom is 0.180 e. The van der Waals surface area contributed by atoms with Crippen LogP contribution in [0.3, 0.4) is 0 Å². The van der Waals surface area contributed by atoms with Gasteiger partial charge in [-0.2, -0.15) is 5.10 Å². The van der Waals surface area contributed by atoms with Crippen LogP contribution in [-0.2, 0) is 19.4 Å². The topological polar surface area (TPSA) is 85.2 Å². The van der Waals surface area contributed by atoms with Crippen molar-refractivity contribution in [1.82, 2.24) is 35.4 Å². The summed E-state index contributed by atoms with van der Waals surface area (Å²) < 4.78 is 2.08. The fourth-order valence-corrected chi connectivity index (χ4v) is 3.77. The van der Waals surface area contributed by atoms with E-state index >= 15 is 0 Å². The van der Waals surface area contributed by atoms with Crippen molar-refractivity contribution < 1.29 is 0 Å². The van der Waals surface area contributed by atoms with Gasteiger partial charge in [0.25, 0.3) is 0 Å². The number of H-pyrrole nitrogens is 1. The first-order chi connectivity index (χ1) is 15.5. The summed E-state index contributed by atoms with van der Waals surface area (Å²) in [5, 5.41) is 19.2. The molecule has 0 radical (unpaired) electrons. The SMILES string of the molecule is CC(C)CCc1nc(CC(C)C)n(Cc2ccc(-c3ccccc3-c3nnn[nH]3)cc2)n1. The lowest BCUT2D eigenvalue weighted by Gasteiger charge is -2.10. The minimum atomic E-state index is 0.542. The number of aromatic amines is 1. The monoisotopic (exact) mass is 429 g/mol. The average Bonchev–Trinajstić information content (AvgIpc) is 3.43. The first-order valence-electron chi connectivity index (χ1n) is 11.3. The van der Waals surface area contributed by atoms with Crippen molar-refractivity contribution in [2.24, 2.45) is 11.8 Å². The van der Waals surface area contributed by atoms with E-state index in [1.807, 2.05) is 18.2 Å². The summed E-state index contributed by atoms with van der Waals surface area (Å²) in [6, 6.07) is 16.8. The molecule has 0 amide bonds. The minimum absolute atomic E-state index is 0.542. The summed E-state index contributed by atoms with van der Waals surface area (Å²) in [5.41, 5.74) is 4.41. The first kappa shape index (κ1) is 21.9. The van der Waals surface area contributed by atoms with E-state index in [1.165, 1.54) is 5.56 Å². The van der Waals surface area contributed by atoms with Crippen molar-refractivity contribution in [3.05, 3.63) is 65.7 Å². The summed E-state index contributed by atoms with van der Waals surface area (Å²) in [4.78, 5) is 4.85. The molecule has 2 aromatic heterocycles. The van der Waals surface area contributed by atoms with Crippen molar-refractivity contribution in [2.45, 2.75) is 53.5 Å². The van der Waals surface area contributed by atoms with Crippen molar-refractivity contribution in [3.63, 3.8) is 0 Å². The Morgan fingerprint density at radius 2 is 1.66 bits per heavy atom. The predicted octanol–water partition coefficient (Wildman–Crippen LogP) is 4.96. The Hall–Kier alpha value is -3.35. The molecule has 0 bridgehead atoms. The summed E-state index contributed by atoms with van der Waals surface area (Å²) >= 11 is 0. The lowest BCUT2D eigenvalue weighted by molar-refractivity contribution is 0.556. The summed E-state index contributed by atoms with van der Waals surface area (Å²) in [6.07, 6.45) is 2.98. The van der Waals surface area contributed by atoms with Gasteiger partial charge in [-0.3, -0.25) is 0 Å². The van der Waals surface area contributed by atoms with Crippen LogP contribution in [0, 0.1) is 11.8 Å². The van der Waals surface area contributed by atoms with Gasteiger partial charge in [0, 0.05) is 18.4 Å². The number of aryl methyl sites for hydroxylation is 1. The quantitative estimate of drug-likeness (QED) is 0.406. The Balaban J connectivity index is 1.56. The number of rotatable bonds is 9. The van der Waals surface area contributed by atoms with Gasteiger partial charge in [-0.15, -0.1) is 5.10 Å². The third-order valence-electron chi connectivity index (χ3n) is 5.45. The Labute approximate surface area is 189 Å². The molecule has 2 aromatic carbocycles. The van der Waals surface area contributed by atoms with E-state index in [0.717, 1.165) is 54.1 Å². The molecule has 0 saturated heterocycles. The third kappa shape index (κ3) is 5.28. The van der Waals surface area contributed by atoms with Gasteiger partial charge in [0.05, 0.1) is 6.54 Å². The standard InChI is InChI=1S/C25H31N7/c1-17(2)9-14-23-26-24(15-18(3)4)32(29-23)16-19-10-12-20(13-11-19)21-7-5-6-8-22(21)25-27-30-31-28-25/h5-8,10-13,17-18H,9,14-16H2,1-4H3,(H,27,28,30,31). The van der Waals surface area contributed by atoms with Gasteiger partial charge in [-0.1, -0.05) is 76.2 Å². The van der Waals surface area contributed by atoms with E-state index in [4.69, 9.17) is 10.1 Å². The van der Waals surface area contributed by atoms with Gasteiger partial charge in [-0.25, -0.2) is 14.8 Å². The maximum absolute atomic E-state index is 4.85. The molecule has 7 heteroatoms. The second kappa shape index (κ2) is 9.85. The maximum atomic E-state index is 4.85. The molecular formula is C25H31N7. The molecule has 1 N–H and O–H groups in total. The first-order valence-corrected chi connectivity index (χ1v) is 11.3. The molecule has 0 aliphatic rings. The molecule has 0 fully saturated rings. The fraction of sp³-hybridized carbons (Fsp3) is 0.400. The predicted molar refractivity (Wildman–Crippen MR) is 126 cm³/mol. The number of nitrogens with zero attached hydrogens (tertiary/aromatic N) is 6. The Morgan fingerprint density at radius 1 is 0.906 bits per heavy atom. The van der Waals surface area contributed by atoms with Gasteiger partial charge in [0.15, 0.2) is 11.6 Å². The van der Waals surface area contributed by atoms with Crippen LogP contribution in [0.15, 0.2) is 48.5 Å². The van der Waals surface area contributed by atoms with Crippen LogP contribution in [0.2, 0.25) is 0 Å². The molecule has 7 nitrogen and oxygen atoms in total. The molecule has 0 aliphatic heterocycles. The number of hydrogen-bond donors (Lipinski definition) is 1. The van der Waals surface area contributed by atoms with Crippen molar-refractivity contribution in [1.29, 1.82) is 0 Å². The smallest absolute Gasteiger partial charge is 0.180 e. The Bertz CT molecular complexity index is 1130. The molecule has 2 heterocycles. The zero-order valence-electron chi connectivity index (χ0n) is 19.3. The van der Waals surface area contributed by atoms with Gasteiger partial charge in [0.2, 0.25) is 0 Å². The summed E-state index contributed by atoms with van der Waals surface area (Å²) in [5.74, 6) is 3.89. The lowest BCUT2D eigenvalue weighted by Crippen LogP contribution is -2.09. The molecule has 4 aromatic rings. The van der Waals surface area contributed by atoms with E-state index < -0.39 is 0 Å². The minimum Gasteiger partial charge on any atom is -0.245 e. The van der Waals surface area contributed by atoms with Gasteiger partial charge in [0.1, 0.15) is 5.82 Å². The molecule has 4 rings (SSSR count). The molecule has 0 atom stereocenters. The van der Waals surface area contributed by atoms with E-state index in [2.05, 4.69) is 83.3 Å². The van der Waals surface area contributed by atoms with Crippen LogP contribution in [0.1, 0.15) is 51.3 Å². The highest BCUT2D eigenvalue weighted by atomic mass is 15.5. The van der Waals surface area contributed by atoms with Gasteiger partial charge < -0.3 is 0 Å². The number of nitrogens with one attached hydrogen (secondary N) is 1. The summed E-state index contributed by atoms with van der Waals surface area (Å²) in [7, 11) is 0. The zero-order valence-corrected chi connectivity index (χ0v) is 19.3. The van der Waals surface area contributed by atoms with E-state index in [1.54, 1.807) is 0 Å². The van der Waals surface area contributed by atoms with Crippen molar-refractivity contribution >= 4 is 0 Å². The molecule has 0 unspecified atom stereocenters. The van der Waals surface area contributed by atoms with Crippen LogP contribution in [-0.4, -0.2) is 35.4 Å². The zero-order chi connectivity index (χ0) is 22.5. The molecule has 0 aliphatic carbocycles. The van der Waals surface area contributed by atoms with E-state index in [-0.39, 0.29) is 0 Å². The molecule has 0 spiro atoms. The summed E-state index contributed by atoms with van der Waals surface area (Å²) in [6.45, 7) is 9.66. The van der Waals surface area contributed by atoms with E-state index in [9.17, 15) is 0 Å². The van der Waals surface area contributed by atoms with Crippen LogP contribution in [0.25, 0.3) is 22.5 Å². The van der Waals surface area contributed by atoms with Crippen LogP contribution >= 0.6 is 0 Å². The Morgan fingerprint density at radius 3 is 2.31 bits per heavy atom.